The molecule has 0 amide bonds. The Kier molecular flexibility index (Phi) is 1.52. The lowest BCUT2D eigenvalue weighted by molar-refractivity contribution is 0.0928. The monoisotopic (exact) mass is 137 g/mol. The van der Waals surface area contributed by atoms with Gasteiger partial charge < -0.3 is 4.90 Å². The second kappa shape index (κ2) is 2.26. The van der Waals surface area contributed by atoms with Gasteiger partial charge in [-0.3, -0.25) is 0 Å². The maximum absolute atomic E-state index is 2.60. The van der Waals surface area contributed by atoms with Crippen molar-refractivity contribution in [2.75, 3.05) is 13.6 Å². The zero-order valence-electron chi connectivity index (χ0n) is 6.90. The minimum absolute atomic E-state index is 0.693. The van der Waals surface area contributed by atoms with E-state index in [1.54, 1.807) is 0 Å². The van der Waals surface area contributed by atoms with Crippen LogP contribution in [0.5, 0.6) is 0 Å². The van der Waals surface area contributed by atoms with E-state index < -0.39 is 0 Å². The minimum atomic E-state index is 0.693. The smallest absolute Gasteiger partial charge is 0.125 e. The fourth-order valence-electron chi connectivity index (χ4n) is 2.45. The summed E-state index contributed by atoms with van der Waals surface area (Å²) in [6.45, 7) is 1.35. The molecule has 0 N–H and O–H groups in total. The molecular formula is C8H16BN. The molecule has 2 aliphatic heterocycles. The summed E-state index contributed by atoms with van der Waals surface area (Å²) in [6, 6.07) is 0. The molecule has 1 nitrogen and oxygen atoms in total. The first-order valence-electron chi connectivity index (χ1n) is 4.55. The molecule has 10 heavy (non-hydrogen) atoms. The summed E-state index contributed by atoms with van der Waals surface area (Å²) >= 11 is 0. The first-order valence-corrected chi connectivity index (χ1v) is 4.55. The Morgan fingerprint density at radius 3 is 2.50 bits per heavy atom. The molecule has 1 spiro atoms. The molecule has 2 heteroatoms. The fraction of sp³-hybridized carbons (Fsp3) is 1.00. The van der Waals surface area contributed by atoms with E-state index in [1.165, 1.54) is 45.7 Å². The van der Waals surface area contributed by atoms with Gasteiger partial charge in [-0.1, -0.05) is 19.1 Å². The van der Waals surface area contributed by atoms with Crippen LogP contribution in [0.25, 0.3) is 0 Å². The predicted molar refractivity (Wildman–Crippen MR) is 46.0 cm³/mol. The molecule has 0 aromatic heterocycles. The van der Waals surface area contributed by atoms with Crippen LogP contribution in [-0.2, 0) is 0 Å². The van der Waals surface area contributed by atoms with E-state index in [-0.39, 0.29) is 0 Å². The summed E-state index contributed by atoms with van der Waals surface area (Å²) in [6.07, 6.45) is 7.33. The molecule has 2 saturated heterocycles. The molecule has 0 bridgehead atoms. The summed E-state index contributed by atoms with van der Waals surface area (Å²) < 4.78 is 0. The van der Waals surface area contributed by atoms with Gasteiger partial charge in [0, 0.05) is 5.54 Å². The van der Waals surface area contributed by atoms with Crippen LogP contribution >= 0.6 is 0 Å². The maximum Gasteiger partial charge on any atom is 0.125 e. The molecule has 0 aliphatic carbocycles. The standard InChI is InChI=1S/C8H16BN/c1-10-5-3-2-4-8(10)6-9-7-8/h9H,2-7H2,1H3. The first kappa shape index (κ1) is 6.72. The number of likely N-dealkylation sites (tertiary alicyclic amines) is 1. The summed E-state index contributed by atoms with van der Waals surface area (Å²) in [5, 5.41) is 0. The third-order valence-electron chi connectivity index (χ3n) is 3.48. The van der Waals surface area contributed by atoms with Gasteiger partial charge in [-0.15, -0.1) is 0 Å². The molecule has 2 heterocycles. The van der Waals surface area contributed by atoms with Gasteiger partial charge in [0.1, 0.15) is 7.28 Å². The molecule has 0 atom stereocenters. The van der Waals surface area contributed by atoms with Gasteiger partial charge in [-0.05, 0) is 26.4 Å². The number of nitrogens with zero attached hydrogens (tertiary/aromatic N) is 1. The molecule has 56 valence electrons. The van der Waals surface area contributed by atoms with Gasteiger partial charge in [-0.2, -0.15) is 0 Å². The Labute approximate surface area is 64.0 Å². The van der Waals surface area contributed by atoms with Crippen LogP contribution in [0.15, 0.2) is 0 Å². The van der Waals surface area contributed by atoms with Crippen LogP contribution in [0.1, 0.15) is 19.3 Å². The van der Waals surface area contributed by atoms with E-state index >= 15 is 0 Å². The van der Waals surface area contributed by atoms with Crippen LogP contribution in [0.4, 0.5) is 0 Å². The van der Waals surface area contributed by atoms with Crippen LogP contribution in [0.3, 0.4) is 0 Å². The Morgan fingerprint density at radius 1 is 1.30 bits per heavy atom. The van der Waals surface area contributed by atoms with Gasteiger partial charge >= 0.3 is 0 Å². The lowest BCUT2D eigenvalue weighted by atomic mass is 9.44. The fourth-order valence-corrected chi connectivity index (χ4v) is 2.45. The zero-order valence-corrected chi connectivity index (χ0v) is 6.90. The number of hydrogen-bond donors (Lipinski definition) is 0. The maximum atomic E-state index is 2.60. The first-order chi connectivity index (χ1) is 4.83. The highest BCUT2D eigenvalue weighted by atomic mass is 15.2. The van der Waals surface area contributed by atoms with Crippen LogP contribution in [0.2, 0.25) is 12.6 Å². The van der Waals surface area contributed by atoms with Crippen molar-refractivity contribution < 1.29 is 0 Å². The average molecular weight is 137 g/mol. The minimum Gasteiger partial charge on any atom is -0.302 e. The van der Waals surface area contributed by atoms with E-state index in [1.807, 2.05) is 0 Å². The van der Waals surface area contributed by atoms with Crippen LogP contribution in [0, 0.1) is 0 Å². The van der Waals surface area contributed by atoms with Crippen LogP contribution < -0.4 is 0 Å². The SMILES string of the molecule is CN1CCCCC12CBC2. The summed E-state index contributed by atoms with van der Waals surface area (Å²) in [7, 11) is 3.78. The van der Waals surface area contributed by atoms with E-state index in [4.69, 9.17) is 0 Å². The number of hydrogen-bond acceptors (Lipinski definition) is 1. The topological polar surface area (TPSA) is 3.24 Å². The van der Waals surface area contributed by atoms with Crippen LogP contribution in [-0.4, -0.2) is 31.3 Å². The average Bonchev–Trinajstić information content (AvgIpc) is 1.85. The third-order valence-corrected chi connectivity index (χ3v) is 3.48. The van der Waals surface area contributed by atoms with Crippen molar-refractivity contribution in [2.45, 2.75) is 37.4 Å². The number of rotatable bonds is 0. The molecule has 0 saturated carbocycles. The molecule has 0 aromatic carbocycles. The highest BCUT2D eigenvalue weighted by Crippen LogP contribution is 2.40. The molecule has 0 radical (unpaired) electrons. The Balaban J connectivity index is 2.03. The Bertz CT molecular complexity index is 131. The third kappa shape index (κ3) is 0.816. The zero-order chi connectivity index (χ0) is 7.03. The lowest BCUT2D eigenvalue weighted by Gasteiger charge is -2.51. The summed E-state index contributed by atoms with van der Waals surface area (Å²) in [4.78, 5) is 2.60. The van der Waals surface area contributed by atoms with Crippen molar-refractivity contribution in [3.63, 3.8) is 0 Å². The second-order valence-corrected chi connectivity index (χ2v) is 3.96. The molecule has 0 aromatic rings. The normalized spacial score (nSPS) is 31.3. The molecular weight excluding hydrogens is 121 g/mol. The largest absolute Gasteiger partial charge is 0.302 e. The summed E-state index contributed by atoms with van der Waals surface area (Å²) in [5.41, 5.74) is 0.693. The molecule has 2 rings (SSSR count). The van der Waals surface area contributed by atoms with Crippen molar-refractivity contribution in [3.05, 3.63) is 0 Å². The highest BCUT2D eigenvalue weighted by molar-refractivity contribution is 6.41. The lowest BCUT2D eigenvalue weighted by Crippen LogP contribution is -2.56. The second-order valence-electron chi connectivity index (χ2n) is 3.96. The van der Waals surface area contributed by atoms with Crippen molar-refractivity contribution in [3.8, 4) is 0 Å². The summed E-state index contributed by atoms with van der Waals surface area (Å²) in [5.74, 6) is 0. The van der Waals surface area contributed by atoms with E-state index in [2.05, 4.69) is 11.9 Å². The van der Waals surface area contributed by atoms with Crippen molar-refractivity contribution in [1.29, 1.82) is 0 Å². The Hall–Kier alpha value is 0.0249. The van der Waals surface area contributed by atoms with Gasteiger partial charge in [0.25, 0.3) is 0 Å². The quantitative estimate of drug-likeness (QED) is 0.452. The van der Waals surface area contributed by atoms with Crippen molar-refractivity contribution in [1.82, 2.24) is 4.90 Å². The van der Waals surface area contributed by atoms with E-state index in [9.17, 15) is 0 Å². The van der Waals surface area contributed by atoms with Gasteiger partial charge in [0.2, 0.25) is 0 Å². The van der Waals surface area contributed by atoms with Crippen molar-refractivity contribution >= 4 is 7.28 Å². The number of piperidine rings is 1. The molecule has 2 aliphatic rings. The highest BCUT2D eigenvalue weighted by Gasteiger charge is 2.41. The van der Waals surface area contributed by atoms with Gasteiger partial charge in [-0.25, -0.2) is 0 Å². The Morgan fingerprint density at radius 2 is 2.10 bits per heavy atom. The molecule has 2 fully saturated rings. The predicted octanol–water partition coefficient (Wildman–Crippen LogP) is 1.13. The van der Waals surface area contributed by atoms with Gasteiger partial charge in [0.15, 0.2) is 0 Å². The van der Waals surface area contributed by atoms with Crippen molar-refractivity contribution in [2.24, 2.45) is 0 Å². The molecule has 0 unspecified atom stereocenters. The van der Waals surface area contributed by atoms with E-state index in [0.717, 1.165) is 0 Å². The van der Waals surface area contributed by atoms with Gasteiger partial charge in [0.05, 0.1) is 0 Å². The van der Waals surface area contributed by atoms with E-state index in [0.29, 0.717) is 5.54 Å².